The number of aromatic amines is 1. The van der Waals surface area contributed by atoms with Crippen molar-refractivity contribution in [2.24, 2.45) is 0 Å². The van der Waals surface area contributed by atoms with E-state index in [1.165, 1.54) is 32.9 Å². The second-order valence-corrected chi connectivity index (χ2v) is 19.0. The highest BCUT2D eigenvalue weighted by Gasteiger charge is 2.63. The Balaban J connectivity index is 1.19. The van der Waals surface area contributed by atoms with Crippen molar-refractivity contribution in [3.05, 3.63) is 98.7 Å². The maximum Gasteiger partial charge on any atom is 0.337 e. The second-order valence-electron chi connectivity index (χ2n) is 17.8. The molecule has 5 aromatic rings. The van der Waals surface area contributed by atoms with Gasteiger partial charge in [0.2, 0.25) is 6.79 Å². The zero-order valence-corrected chi connectivity index (χ0v) is 37.9. The molecule has 17 heteroatoms. The molecule has 1 aromatic heterocycles. The van der Waals surface area contributed by atoms with Gasteiger partial charge in [0.1, 0.15) is 18.4 Å². The Morgan fingerprint density at radius 2 is 1.79 bits per heavy atom. The summed E-state index contributed by atoms with van der Waals surface area (Å²) in [7, 11) is 4.90. The number of carbonyl (C=O) groups excluding carboxylic acids is 3. The number of hydrogen-bond acceptors (Lipinski definition) is 15. The van der Waals surface area contributed by atoms with Crippen molar-refractivity contribution in [3.8, 4) is 46.3 Å². The van der Waals surface area contributed by atoms with E-state index >= 15 is 9.59 Å². The van der Waals surface area contributed by atoms with Crippen LogP contribution in [-0.4, -0.2) is 113 Å². The summed E-state index contributed by atoms with van der Waals surface area (Å²) in [6.07, 6.45) is 2.39. The molecule has 7 aliphatic rings. The van der Waals surface area contributed by atoms with Gasteiger partial charge in [0.05, 0.1) is 43.2 Å². The predicted molar refractivity (Wildman–Crippen MR) is 239 cm³/mol. The standard InChI is InChI=1S/C49H47N5O11S/c1-22-13-26-14-31-32(17-50)54-33-19-62-48(59)49(29-16-35(60-5)34(56)15-25(29)11-12-53(49)47(58)28-18-51-30-10-8-7-9-27(28)30)20-66-46(40(54)39(52(31)4)36(26)41(57)42(22)61-6)38-37(33)45-44(63-21-64-45)23(2)43(38)65-24(3)55/h7-10,13,15-16,18,31-33,39-40,46,51,56-57H,11-12,14,19-21H2,1-6H3/t31-,32-,33+,39+,40+,46+,49+/m0/s1. The highest BCUT2D eigenvalue weighted by Crippen LogP contribution is 2.65. The van der Waals surface area contributed by atoms with Crippen LogP contribution in [0.1, 0.15) is 79.1 Å². The van der Waals surface area contributed by atoms with E-state index in [9.17, 15) is 20.3 Å². The van der Waals surface area contributed by atoms with Crippen molar-refractivity contribution in [2.75, 3.05) is 47.0 Å². The third-order valence-electron chi connectivity index (χ3n) is 14.7. The lowest BCUT2D eigenvalue weighted by atomic mass is 9.71. The fourth-order valence-corrected chi connectivity index (χ4v) is 13.7. The zero-order chi connectivity index (χ0) is 46.1. The molecule has 8 heterocycles. The topological polar surface area (TPSA) is 196 Å². The van der Waals surface area contributed by atoms with Gasteiger partial charge in [-0.2, -0.15) is 5.26 Å². The summed E-state index contributed by atoms with van der Waals surface area (Å²) in [6.45, 7) is 4.66. The monoisotopic (exact) mass is 913 g/mol. The molecule has 1 spiro atoms. The Kier molecular flexibility index (Phi) is 9.70. The smallest absolute Gasteiger partial charge is 0.337 e. The first-order chi connectivity index (χ1) is 31.8. The number of nitriles is 1. The van der Waals surface area contributed by atoms with E-state index < -0.39 is 52.8 Å². The van der Waals surface area contributed by atoms with Crippen molar-refractivity contribution >= 4 is 40.5 Å². The minimum absolute atomic E-state index is 0.00932. The third-order valence-corrected chi connectivity index (χ3v) is 16.2. The van der Waals surface area contributed by atoms with Gasteiger partial charge in [-0.15, -0.1) is 11.8 Å². The molecular formula is C49H47N5O11S. The van der Waals surface area contributed by atoms with Gasteiger partial charge in [-0.1, -0.05) is 24.3 Å². The van der Waals surface area contributed by atoms with Crippen LogP contribution in [0, 0.1) is 25.2 Å². The van der Waals surface area contributed by atoms with Crippen molar-refractivity contribution in [1.82, 2.24) is 19.7 Å². The minimum Gasteiger partial charge on any atom is -0.504 e. The van der Waals surface area contributed by atoms with E-state index in [1.807, 2.05) is 44.3 Å². The highest BCUT2D eigenvalue weighted by atomic mass is 32.2. The number of fused-ring (bicyclic) bond motifs is 10. The number of aromatic hydroxyl groups is 2. The van der Waals surface area contributed by atoms with E-state index in [1.54, 1.807) is 30.2 Å². The van der Waals surface area contributed by atoms with Crippen LogP contribution in [-0.2, 0) is 32.7 Å². The number of aromatic nitrogens is 1. The predicted octanol–water partition coefficient (Wildman–Crippen LogP) is 6.02. The maximum atomic E-state index is 15.8. The molecule has 16 nitrogen and oxygen atoms in total. The van der Waals surface area contributed by atoms with Crippen molar-refractivity contribution in [1.29, 1.82) is 5.26 Å². The number of rotatable bonds is 4. The number of nitrogens with zero attached hydrogens (tertiary/aromatic N) is 4. The lowest BCUT2D eigenvalue weighted by Gasteiger charge is -2.62. The number of benzene rings is 4. The number of H-pyrrole nitrogens is 1. The van der Waals surface area contributed by atoms with Crippen LogP contribution in [0.3, 0.4) is 0 Å². The average Bonchev–Trinajstić information content (AvgIpc) is 3.97. The number of thioether (sulfide) groups is 1. The quantitative estimate of drug-likeness (QED) is 0.140. The first-order valence-electron chi connectivity index (χ1n) is 21.8. The normalized spacial score (nSPS) is 26.1. The van der Waals surface area contributed by atoms with Crippen LogP contribution in [0.5, 0.6) is 40.2 Å². The molecule has 66 heavy (non-hydrogen) atoms. The number of nitrogens with one attached hydrogen (secondary N) is 1. The molecule has 2 saturated heterocycles. The minimum atomic E-state index is -1.82. The first kappa shape index (κ1) is 42.1. The van der Waals surface area contributed by atoms with Gasteiger partial charge in [-0.3, -0.25) is 19.4 Å². The fraction of sp³-hybridized carbons (Fsp3) is 0.388. The summed E-state index contributed by atoms with van der Waals surface area (Å²) >= 11 is 1.36. The number of hydrogen-bond donors (Lipinski definition) is 3. The van der Waals surface area contributed by atoms with Gasteiger partial charge in [0, 0.05) is 70.7 Å². The average molecular weight is 914 g/mol. The van der Waals surface area contributed by atoms with Gasteiger partial charge in [-0.05, 0) is 74.2 Å². The molecule has 12 rings (SSSR count). The van der Waals surface area contributed by atoms with Gasteiger partial charge in [-0.25, -0.2) is 4.79 Å². The van der Waals surface area contributed by atoms with Gasteiger partial charge in [0.25, 0.3) is 5.91 Å². The first-order valence-corrected chi connectivity index (χ1v) is 22.9. The van der Waals surface area contributed by atoms with Crippen LogP contribution < -0.4 is 23.7 Å². The summed E-state index contributed by atoms with van der Waals surface area (Å²) in [5.74, 6) is -0.449. The number of piperazine rings is 1. The molecule has 3 N–H and O–H groups in total. The van der Waals surface area contributed by atoms with Gasteiger partial charge >= 0.3 is 11.9 Å². The molecular weight excluding hydrogens is 867 g/mol. The third kappa shape index (κ3) is 5.67. The van der Waals surface area contributed by atoms with Crippen LogP contribution in [0.4, 0.5) is 0 Å². The largest absolute Gasteiger partial charge is 0.504 e. The highest BCUT2D eigenvalue weighted by molar-refractivity contribution is 7.99. The maximum absolute atomic E-state index is 15.8. The van der Waals surface area contributed by atoms with Crippen LogP contribution in [0.15, 0.2) is 48.7 Å². The molecule has 7 atom stereocenters. The molecule has 0 unspecified atom stereocenters. The summed E-state index contributed by atoms with van der Waals surface area (Å²) in [5.41, 5.74) is 4.32. The lowest BCUT2D eigenvalue weighted by Crippen LogP contribution is -2.69. The number of phenolic OH excluding ortho intramolecular Hbond substituents is 2. The summed E-state index contributed by atoms with van der Waals surface area (Å²) in [4.78, 5) is 53.4. The molecule has 4 aromatic carbocycles. The van der Waals surface area contributed by atoms with Crippen molar-refractivity contribution in [3.63, 3.8) is 0 Å². The Morgan fingerprint density at radius 3 is 2.55 bits per heavy atom. The van der Waals surface area contributed by atoms with Gasteiger partial charge in [0.15, 0.2) is 40.0 Å². The Hall–Kier alpha value is -6.61. The number of phenols is 2. The number of likely N-dealkylation sites (N-methyl/N-ethyl adjacent to an activating group) is 1. The number of carbonyl (C=O) groups is 3. The van der Waals surface area contributed by atoms with Crippen molar-refractivity contribution in [2.45, 2.75) is 74.6 Å². The molecule has 0 aliphatic carbocycles. The summed E-state index contributed by atoms with van der Waals surface area (Å²) in [5, 5.41) is 34.7. The summed E-state index contributed by atoms with van der Waals surface area (Å²) < 4.78 is 36.8. The van der Waals surface area contributed by atoms with E-state index in [4.69, 9.17) is 28.4 Å². The lowest BCUT2D eigenvalue weighted by molar-refractivity contribution is -0.162. The SMILES string of the molecule is COc1cc2c(cc1O)CCN(C(=O)c1c[nH]c3ccccc13)[C@]21CS[C@@H]2c3c(OC(C)=O)c(C)c4c(c3[C@@H](COC1=O)N1[C@@H]2[C@H]2c3c(cc(C)c(OC)c3O)C[C@@H]([C@@H]1C#N)N2C)OCO4. The molecule has 4 bridgehead atoms. The summed E-state index contributed by atoms with van der Waals surface area (Å²) in [6, 6.07) is 12.0. The van der Waals surface area contributed by atoms with E-state index in [0.717, 1.165) is 16.6 Å². The van der Waals surface area contributed by atoms with Crippen LogP contribution in [0.2, 0.25) is 0 Å². The van der Waals surface area contributed by atoms with Crippen LogP contribution in [0.25, 0.3) is 10.9 Å². The zero-order valence-electron chi connectivity index (χ0n) is 37.1. The van der Waals surface area contributed by atoms with E-state index in [2.05, 4.69) is 20.9 Å². The number of methoxy groups -OCH3 is 2. The molecule has 7 aliphatic heterocycles. The Bertz CT molecular complexity index is 2980. The molecule has 2 fully saturated rings. The second kappa shape index (κ2) is 15.2. The number of aryl methyl sites for hydroxylation is 1. The Labute approximate surface area is 383 Å². The Morgan fingerprint density at radius 1 is 1.00 bits per heavy atom. The molecule has 0 radical (unpaired) electrons. The molecule has 340 valence electrons. The van der Waals surface area contributed by atoms with E-state index in [-0.39, 0.29) is 54.7 Å². The number of amides is 1. The molecule has 0 saturated carbocycles. The van der Waals surface area contributed by atoms with Crippen LogP contribution >= 0.6 is 11.8 Å². The fourth-order valence-electron chi connectivity index (χ4n) is 12.0. The van der Waals surface area contributed by atoms with E-state index in [0.29, 0.717) is 74.4 Å². The number of ether oxygens (including phenoxy) is 6. The van der Waals surface area contributed by atoms with Crippen molar-refractivity contribution < 1.29 is 53.0 Å². The number of para-hydroxylation sites is 1. The number of esters is 2. The van der Waals surface area contributed by atoms with Gasteiger partial charge < -0.3 is 48.5 Å². The molecule has 1 amide bonds.